The monoisotopic (exact) mass is 435 g/mol. The predicted octanol–water partition coefficient (Wildman–Crippen LogP) is 5.56. The molecule has 0 radical (unpaired) electrons. The highest BCUT2D eigenvalue weighted by molar-refractivity contribution is 9.10. The van der Waals surface area contributed by atoms with Gasteiger partial charge in [0.15, 0.2) is 5.76 Å². The SMILES string of the molecule is CCOC(=O)c1cc(CC)sc1NC(=O)c1oc2ccc(Br)cc2c1C. The van der Waals surface area contributed by atoms with Crippen LogP contribution in [0.3, 0.4) is 0 Å². The van der Waals surface area contributed by atoms with Crippen LogP contribution in [0.1, 0.15) is 45.2 Å². The molecule has 0 saturated heterocycles. The molecule has 0 fully saturated rings. The second-order valence-corrected chi connectivity index (χ2v) is 7.73. The lowest BCUT2D eigenvalue weighted by atomic mass is 10.1. The summed E-state index contributed by atoms with van der Waals surface area (Å²) in [5.74, 6) is -0.590. The lowest BCUT2D eigenvalue weighted by molar-refractivity contribution is 0.0528. The zero-order valence-corrected chi connectivity index (χ0v) is 17.0. The number of carbonyl (C=O) groups excluding carboxylic acids is 2. The number of rotatable bonds is 5. The molecular weight excluding hydrogens is 418 g/mol. The van der Waals surface area contributed by atoms with E-state index in [4.69, 9.17) is 9.15 Å². The zero-order chi connectivity index (χ0) is 18.8. The van der Waals surface area contributed by atoms with Crippen LogP contribution in [-0.2, 0) is 11.2 Å². The number of ether oxygens (including phenoxy) is 1. The summed E-state index contributed by atoms with van der Waals surface area (Å²) in [5, 5.41) is 4.16. The van der Waals surface area contributed by atoms with Gasteiger partial charge in [-0.1, -0.05) is 22.9 Å². The second kappa shape index (κ2) is 7.63. The molecule has 1 aromatic carbocycles. The number of furan rings is 1. The van der Waals surface area contributed by atoms with E-state index in [1.807, 2.05) is 32.0 Å². The number of benzene rings is 1. The van der Waals surface area contributed by atoms with Gasteiger partial charge >= 0.3 is 5.97 Å². The first-order valence-corrected chi connectivity index (χ1v) is 9.85. The number of halogens is 1. The van der Waals surface area contributed by atoms with E-state index >= 15 is 0 Å². The van der Waals surface area contributed by atoms with Gasteiger partial charge in [0.2, 0.25) is 0 Å². The molecule has 0 atom stereocenters. The maximum atomic E-state index is 12.8. The van der Waals surface area contributed by atoms with Crippen molar-refractivity contribution in [2.24, 2.45) is 0 Å². The Morgan fingerprint density at radius 1 is 1.27 bits per heavy atom. The van der Waals surface area contributed by atoms with Gasteiger partial charge in [-0.3, -0.25) is 4.79 Å². The Balaban J connectivity index is 1.94. The quantitative estimate of drug-likeness (QED) is 0.532. The fourth-order valence-electron chi connectivity index (χ4n) is 2.64. The minimum atomic E-state index is -0.441. The Morgan fingerprint density at radius 2 is 2.04 bits per heavy atom. The molecule has 3 aromatic rings. The average Bonchev–Trinajstić information content (AvgIpc) is 3.16. The fourth-order valence-corrected chi connectivity index (χ4v) is 3.98. The van der Waals surface area contributed by atoms with E-state index in [1.54, 1.807) is 13.0 Å². The van der Waals surface area contributed by atoms with Crippen LogP contribution < -0.4 is 5.32 Å². The molecule has 1 N–H and O–H groups in total. The summed E-state index contributed by atoms with van der Waals surface area (Å²) in [4.78, 5) is 25.9. The summed E-state index contributed by atoms with van der Waals surface area (Å²) in [6.07, 6.45) is 0.768. The molecule has 2 heterocycles. The molecule has 0 saturated carbocycles. The van der Waals surface area contributed by atoms with Gasteiger partial charge in [-0.15, -0.1) is 11.3 Å². The van der Waals surface area contributed by atoms with Crippen molar-refractivity contribution in [1.82, 2.24) is 0 Å². The van der Waals surface area contributed by atoms with Crippen molar-refractivity contribution in [2.75, 3.05) is 11.9 Å². The van der Waals surface area contributed by atoms with Crippen LogP contribution in [0.25, 0.3) is 11.0 Å². The topological polar surface area (TPSA) is 68.5 Å². The standard InChI is InChI=1S/C19H18BrNO4S/c1-4-12-9-14(19(23)24-5-2)18(26-12)21-17(22)16-10(3)13-8-11(20)6-7-15(13)25-16/h6-9H,4-5H2,1-3H3,(H,21,22). The molecule has 0 aliphatic carbocycles. The van der Waals surface area contributed by atoms with Gasteiger partial charge in [-0.25, -0.2) is 4.79 Å². The van der Waals surface area contributed by atoms with Crippen molar-refractivity contribution in [3.8, 4) is 0 Å². The normalized spacial score (nSPS) is 10.9. The molecule has 5 nitrogen and oxygen atoms in total. The molecule has 0 spiro atoms. The Kier molecular flexibility index (Phi) is 5.48. The number of aryl methyl sites for hydroxylation is 2. The number of amides is 1. The van der Waals surface area contributed by atoms with E-state index in [9.17, 15) is 9.59 Å². The predicted molar refractivity (Wildman–Crippen MR) is 106 cm³/mol. The largest absolute Gasteiger partial charge is 0.462 e. The van der Waals surface area contributed by atoms with Crippen LogP contribution in [0.4, 0.5) is 5.00 Å². The zero-order valence-electron chi connectivity index (χ0n) is 14.6. The number of thiophene rings is 1. The first kappa shape index (κ1) is 18.7. The van der Waals surface area contributed by atoms with Crippen LogP contribution in [0.2, 0.25) is 0 Å². The number of esters is 1. The van der Waals surface area contributed by atoms with Crippen molar-refractivity contribution < 1.29 is 18.7 Å². The number of fused-ring (bicyclic) bond motifs is 1. The van der Waals surface area contributed by atoms with E-state index in [0.717, 1.165) is 26.7 Å². The Labute approximate surface area is 163 Å². The first-order valence-electron chi connectivity index (χ1n) is 8.24. The van der Waals surface area contributed by atoms with Crippen LogP contribution >= 0.6 is 27.3 Å². The van der Waals surface area contributed by atoms with Crippen molar-refractivity contribution in [2.45, 2.75) is 27.2 Å². The van der Waals surface area contributed by atoms with Crippen molar-refractivity contribution in [3.63, 3.8) is 0 Å². The van der Waals surface area contributed by atoms with E-state index < -0.39 is 5.97 Å². The summed E-state index contributed by atoms with van der Waals surface area (Å²) in [6, 6.07) is 7.35. The van der Waals surface area contributed by atoms with E-state index in [-0.39, 0.29) is 18.3 Å². The maximum Gasteiger partial charge on any atom is 0.341 e. The third kappa shape index (κ3) is 3.54. The lowest BCUT2D eigenvalue weighted by Crippen LogP contribution is -2.14. The number of carbonyl (C=O) groups is 2. The summed E-state index contributed by atoms with van der Waals surface area (Å²) < 4.78 is 11.7. The van der Waals surface area contributed by atoms with Crippen molar-refractivity contribution >= 4 is 55.1 Å². The third-order valence-electron chi connectivity index (χ3n) is 3.96. The van der Waals surface area contributed by atoms with Gasteiger partial charge in [0.05, 0.1) is 12.2 Å². The summed E-state index contributed by atoms with van der Waals surface area (Å²) in [7, 11) is 0. The molecule has 7 heteroatoms. The van der Waals surface area contributed by atoms with Gasteiger partial charge in [-0.05, 0) is 44.5 Å². The van der Waals surface area contributed by atoms with Gasteiger partial charge in [0.1, 0.15) is 10.6 Å². The second-order valence-electron chi connectivity index (χ2n) is 5.68. The van der Waals surface area contributed by atoms with Gasteiger partial charge in [-0.2, -0.15) is 0 Å². The fraction of sp³-hybridized carbons (Fsp3) is 0.263. The molecular formula is C19H18BrNO4S. The van der Waals surface area contributed by atoms with Gasteiger partial charge in [0, 0.05) is 20.3 Å². The molecule has 136 valence electrons. The van der Waals surface area contributed by atoms with Crippen molar-refractivity contribution in [3.05, 3.63) is 50.5 Å². The number of nitrogens with one attached hydrogen (secondary N) is 1. The Morgan fingerprint density at radius 3 is 2.73 bits per heavy atom. The molecule has 3 rings (SSSR count). The summed E-state index contributed by atoms with van der Waals surface area (Å²) in [6.45, 7) is 5.86. The Bertz CT molecular complexity index is 989. The van der Waals surface area contributed by atoms with Crippen LogP contribution in [-0.4, -0.2) is 18.5 Å². The first-order chi connectivity index (χ1) is 12.4. The number of hydrogen-bond donors (Lipinski definition) is 1. The minimum absolute atomic E-state index is 0.236. The summed E-state index contributed by atoms with van der Waals surface area (Å²) >= 11 is 4.80. The van der Waals surface area contributed by atoms with E-state index in [2.05, 4.69) is 21.2 Å². The highest BCUT2D eigenvalue weighted by Gasteiger charge is 2.23. The van der Waals surface area contributed by atoms with Crippen LogP contribution in [0, 0.1) is 6.92 Å². The average molecular weight is 436 g/mol. The van der Waals surface area contributed by atoms with E-state index in [1.165, 1.54) is 11.3 Å². The minimum Gasteiger partial charge on any atom is -0.462 e. The molecule has 0 aliphatic rings. The third-order valence-corrected chi connectivity index (χ3v) is 5.65. The smallest absolute Gasteiger partial charge is 0.341 e. The highest BCUT2D eigenvalue weighted by Crippen LogP contribution is 2.32. The number of anilines is 1. The molecule has 0 bridgehead atoms. The molecule has 0 unspecified atom stereocenters. The maximum absolute atomic E-state index is 12.8. The molecule has 0 aliphatic heterocycles. The van der Waals surface area contributed by atoms with Gasteiger partial charge < -0.3 is 14.5 Å². The molecule has 26 heavy (non-hydrogen) atoms. The van der Waals surface area contributed by atoms with Gasteiger partial charge in [0.25, 0.3) is 5.91 Å². The lowest BCUT2D eigenvalue weighted by Gasteiger charge is -2.05. The van der Waals surface area contributed by atoms with Crippen molar-refractivity contribution in [1.29, 1.82) is 0 Å². The highest BCUT2D eigenvalue weighted by atomic mass is 79.9. The Hall–Kier alpha value is -2.12. The summed E-state index contributed by atoms with van der Waals surface area (Å²) in [5.41, 5.74) is 1.77. The van der Waals surface area contributed by atoms with Crippen LogP contribution in [0.15, 0.2) is 33.2 Å². The molecule has 2 aromatic heterocycles. The van der Waals surface area contributed by atoms with E-state index in [0.29, 0.717) is 16.1 Å². The molecule has 1 amide bonds. The van der Waals surface area contributed by atoms with Crippen LogP contribution in [0.5, 0.6) is 0 Å². The number of hydrogen-bond acceptors (Lipinski definition) is 5.